The van der Waals surface area contributed by atoms with Gasteiger partial charge in [-0.15, -0.1) is 0 Å². The maximum atomic E-state index is 12.3. The first-order chi connectivity index (χ1) is 11.4. The van der Waals surface area contributed by atoms with Crippen molar-refractivity contribution in [2.45, 2.75) is 19.9 Å². The van der Waals surface area contributed by atoms with Gasteiger partial charge in [0.15, 0.2) is 0 Å². The minimum Gasteiger partial charge on any atom is -0.495 e. The third kappa shape index (κ3) is 4.18. The molecule has 6 heteroatoms. The minimum absolute atomic E-state index is 0.222. The normalized spacial score (nSPS) is 11.3. The predicted molar refractivity (Wildman–Crippen MR) is 95.6 cm³/mol. The number of methoxy groups -OCH3 is 1. The van der Waals surface area contributed by atoms with E-state index in [1.54, 1.807) is 44.4 Å². The third-order valence-electron chi connectivity index (χ3n) is 3.51. The van der Waals surface area contributed by atoms with Gasteiger partial charge in [-0.2, -0.15) is 5.26 Å². The number of halogens is 1. The van der Waals surface area contributed by atoms with Gasteiger partial charge in [0.1, 0.15) is 11.8 Å². The van der Waals surface area contributed by atoms with E-state index in [9.17, 15) is 4.79 Å². The van der Waals surface area contributed by atoms with Gasteiger partial charge in [0.25, 0.3) is 0 Å². The fourth-order valence-corrected chi connectivity index (χ4v) is 2.31. The summed E-state index contributed by atoms with van der Waals surface area (Å²) in [5.41, 5.74) is 2.64. The van der Waals surface area contributed by atoms with E-state index in [1.807, 2.05) is 19.1 Å². The molecule has 5 nitrogen and oxygen atoms in total. The number of carbonyl (C=O) groups is 1. The van der Waals surface area contributed by atoms with Gasteiger partial charge in [-0.3, -0.25) is 4.79 Å². The van der Waals surface area contributed by atoms with Crippen LogP contribution in [-0.2, 0) is 4.79 Å². The van der Waals surface area contributed by atoms with Crippen molar-refractivity contribution in [1.29, 1.82) is 5.26 Å². The molecular formula is C18H18ClN3O2. The van der Waals surface area contributed by atoms with E-state index in [0.29, 0.717) is 27.7 Å². The zero-order valence-electron chi connectivity index (χ0n) is 13.7. The number of ether oxygens (including phenoxy) is 1. The lowest BCUT2D eigenvalue weighted by atomic mass is 10.1. The van der Waals surface area contributed by atoms with Crippen molar-refractivity contribution in [3.05, 3.63) is 52.5 Å². The van der Waals surface area contributed by atoms with Crippen molar-refractivity contribution in [3.63, 3.8) is 0 Å². The molecule has 0 radical (unpaired) electrons. The van der Waals surface area contributed by atoms with E-state index in [4.69, 9.17) is 21.6 Å². The summed E-state index contributed by atoms with van der Waals surface area (Å²) in [7, 11) is 1.55. The van der Waals surface area contributed by atoms with Crippen molar-refractivity contribution in [2.75, 3.05) is 17.7 Å². The molecule has 124 valence electrons. The van der Waals surface area contributed by atoms with Crippen LogP contribution in [0.2, 0.25) is 5.02 Å². The Morgan fingerprint density at radius 2 is 2.08 bits per heavy atom. The number of aryl methyl sites for hydroxylation is 1. The van der Waals surface area contributed by atoms with Crippen molar-refractivity contribution in [1.82, 2.24) is 0 Å². The monoisotopic (exact) mass is 343 g/mol. The van der Waals surface area contributed by atoms with Crippen LogP contribution in [0.3, 0.4) is 0 Å². The van der Waals surface area contributed by atoms with E-state index >= 15 is 0 Å². The summed E-state index contributed by atoms with van der Waals surface area (Å²) in [6.07, 6.45) is 0. The molecule has 1 amide bonds. The quantitative estimate of drug-likeness (QED) is 0.861. The summed E-state index contributed by atoms with van der Waals surface area (Å²) in [6, 6.07) is 11.8. The summed E-state index contributed by atoms with van der Waals surface area (Å²) in [5, 5.41) is 15.4. The lowest BCUT2D eigenvalue weighted by molar-refractivity contribution is -0.116. The van der Waals surface area contributed by atoms with E-state index in [-0.39, 0.29) is 5.91 Å². The average molecular weight is 344 g/mol. The second-order valence-corrected chi connectivity index (χ2v) is 5.76. The molecule has 24 heavy (non-hydrogen) atoms. The highest BCUT2D eigenvalue weighted by molar-refractivity contribution is 6.31. The molecule has 0 aliphatic rings. The zero-order chi connectivity index (χ0) is 17.7. The topological polar surface area (TPSA) is 74.2 Å². The molecule has 2 rings (SSSR count). The first kappa shape index (κ1) is 17.6. The number of benzene rings is 2. The highest BCUT2D eigenvalue weighted by Gasteiger charge is 2.16. The van der Waals surface area contributed by atoms with Crippen LogP contribution in [0, 0.1) is 18.3 Å². The van der Waals surface area contributed by atoms with Gasteiger partial charge >= 0.3 is 0 Å². The number of nitrogens with one attached hydrogen (secondary N) is 2. The third-order valence-corrected chi connectivity index (χ3v) is 3.91. The second-order valence-electron chi connectivity index (χ2n) is 5.35. The number of hydrogen-bond acceptors (Lipinski definition) is 4. The molecular weight excluding hydrogens is 326 g/mol. The number of carbonyl (C=O) groups excluding carboxylic acids is 1. The van der Waals surface area contributed by atoms with Gasteiger partial charge in [-0.1, -0.05) is 17.7 Å². The van der Waals surface area contributed by atoms with Gasteiger partial charge in [-0.25, -0.2) is 0 Å². The maximum Gasteiger partial charge on any atom is 0.246 e. The Morgan fingerprint density at radius 3 is 2.75 bits per heavy atom. The maximum absolute atomic E-state index is 12.3. The summed E-state index contributed by atoms with van der Waals surface area (Å²) in [6.45, 7) is 3.62. The average Bonchev–Trinajstić information content (AvgIpc) is 2.57. The van der Waals surface area contributed by atoms with Gasteiger partial charge in [0.05, 0.1) is 24.4 Å². The fourth-order valence-electron chi connectivity index (χ4n) is 2.16. The lowest BCUT2D eigenvalue weighted by Crippen LogP contribution is -2.32. The molecule has 0 saturated carbocycles. The van der Waals surface area contributed by atoms with Crippen LogP contribution >= 0.6 is 11.6 Å². The molecule has 0 bridgehead atoms. The number of amides is 1. The van der Waals surface area contributed by atoms with Crippen molar-refractivity contribution in [3.8, 4) is 11.8 Å². The Balaban J connectivity index is 2.12. The van der Waals surface area contributed by atoms with E-state index in [0.717, 1.165) is 5.56 Å². The second kappa shape index (κ2) is 7.71. The number of hydrogen-bond donors (Lipinski definition) is 2. The Labute approximate surface area is 146 Å². The summed E-state index contributed by atoms with van der Waals surface area (Å²) in [5.74, 6) is 0.344. The van der Waals surface area contributed by atoms with Crippen LogP contribution < -0.4 is 15.4 Å². The lowest BCUT2D eigenvalue weighted by Gasteiger charge is -2.18. The number of nitriles is 1. The Kier molecular flexibility index (Phi) is 5.67. The number of rotatable bonds is 5. The van der Waals surface area contributed by atoms with Gasteiger partial charge in [0, 0.05) is 16.8 Å². The standard InChI is InChI=1S/C18H18ClN3O2/c1-11-7-16(17(24-3)9-15(11)19)21-12(2)18(23)22-14-6-4-5-13(8-14)10-20/h4-9,12,21H,1-3H3,(H,22,23)/t12-/m1/s1. The largest absolute Gasteiger partial charge is 0.495 e. The molecule has 0 unspecified atom stereocenters. The molecule has 2 N–H and O–H groups in total. The molecule has 1 atom stereocenters. The van der Waals surface area contributed by atoms with Crippen LogP contribution in [0.4, 0.5) is 11.4 Å². The molecule has 0 saturated heterocycles. The zero-order valence-corrected chi connectivity index (χ0v) is 14.4. The molecule has 0 heterocycles. The highest BCUT2D eigenvalue weighted by Crippen LogP contribution is 2.31. The molecule has 0 fully saturated rings. The summed E-state index contributed by atoms with van der Waals surface area (Å²) >= 11 is 6.09. The first-order valence-electron chi connectivity index (χ1n) is 7.36. The van der Waals surface area contributed by atoms with E-state index in [1.165, 1.54) is 0 Å². The van der Waals surface area contributed by atoms with Crippen molar-refractivity contribution in [2.24, 2.45) is 0 Å². The Bertz CT molecular complexity index is 799. The van der Waals surface area contributed by atoms with Crippen LogP contribution in [-0.4, -0.2) is 19.1 Å². The first-order valence-corrected chi connectivity index (χ1v) is 7.74. The highest BCUT2D eigenvalue weighted by atomic mass is 35.5. The van der Waals surface area contributed by atoms with Crippen LogP contribution in [0.25, 0.3) is 0 Å². The molecule has 0 aliphatic heterocycles. The van der Waals surface area contributed by atoms with E-state index < -0.39 is 6.04 Å². The number of nitrogens with zero attached hydrogens (tertiary/aromatic N) is 1. The number of anilines is 2. The molecule has 0 spiro atoms. The summed E-state index contributed by atoms with van der Waals surface area (Å²) < 4.78 is 5.30. The molecule has 0 aliphatic carbocycles. The van der Waals surface area contributed by atoms with Crippen LogP contribution in [0.15, 0.2) is 36.4 Å². The molecule has 0 aromatic heterocycles. The smallest absolute Gasteiger partial charge is 0.246 e. The minimum atomic E-state index is -0.509. The Hall–Kier alpha value is -2.71. The summed E-state index contributed by atoms with van der Waals surface area (Å²) in [4.78, 5) is 12.3. The predicted octanol–water partition coefficient (Wildman–Crippen LogP) is 3.97. The van der Waals surface area contributed by atoms with Crippen molar-refractivity contribution >= 4 is 28.9 Å². The van der Waals surface area contributed by atoms with Gasteiger partial charge < -0.3 is 15.4 Å². The van der Waals surface area contributed by atoms with Gasteiger partial charge in [0.2, 0.25) is 5.91 Å². The molecule has 2 aromatic carbocycles. The van der Waals surface area contributed by atoms with Crippen molar-refractivity contribution < 1.29 is 9.53 Å². The van der Waals surface area contributed by atoms with Gasteiger partial charge in [-0.05, 0) is 43.7 Å². The van der Waals surface area contributed by atoms with Crippen LogP contribution in [0.1, 0.15) is 18.1 Å². The fraction of sp³-hybridized carbons (Fsp3) is 0.222. The van der Waals surface area contributed by atoms with Crippen LogP contribution in [0.5, 0.6) is 5.75 Å². The molecule has 2 aromatic rings. The Morgan fingerprint density at radius 1 is 1.33 bits per heavy atom. The van der Waals surface area contributed by atoms with E-state index in [2.05, 4.69) is 10.6 Å². The SMILES string of the molecule is COc1cc(Cl)c(C)cc1N[C@H](C)C(=O)Nc1cccc(C#N)c1.